The Bertz CT molecular complexity index is 670. The molecule has 2 aromatic rings. The second-order valence-electron chi connectivity index (χ2n) is 6.18. The van der Waals surface area contributed by atoms with E-state index in [0.29, 0.717) is 16.7 Å². The van der Waals surface area contributed by atoms with Crippen LogP contribution in [-0.2, 0) is 16.8 Å². The summed E-state index contributed by atoms with van der Waals surface area (Å²) in [5.74, 6) is -0.652. The van der Waals surface area contributed by atoms with Gasteiger partial charge in [-0.3, -0.25) is 0 Å². The van der Waals surface area contributed by atoms with Crippen molar-refractivity contribution in [2.45, 2.75) is 32.8 Å². The Hall–Kier alpha value is -2.36. The van der Waals surface area contributed by atoms with Gasteiger partial charge in [0, 0.05) is 5.56 Å². The first-order valence-corrected chi connectivity index (χ1v) is 7.02. The van der Waals surface area contributed by atoms with Gasteiger partial charge in [-0.1, -0.05) is 32.9 Å². The zero-order valence-corrected chi connectivity index (χ0v) is 12.9. The Morgan fingerprint density at radius 3 is 2.36 bits per heavy atom. The topological polar surface area (TPSA) is 46.5 Å². The summed E-state index contributed by atoms with van der Waals surface area (Å²) in [4.78, 5) is 12.1. The highest BCUT2D eigenvalue weighted by atomic mass is 19.1. The van der Waals surface area contributed by atoms with Gasteiger partial charge in [-0.2, -0.15) is 0 Å². The first-order chi connectivity index (χ1) is 10.3. The molecule has 0 aliphatic carbocycles. The minimum atomic E-state index is -0.477. The molecular formula is C18H19FO3. The van der Waals surface area contributed by atoms with Crippen LogP contribution in [0.5, 0.6) is 5.75 Å². The Balaban J connectivity index is 2.11. The van der Waals surface area contributed by atoms with Crippen LogP contribution in [0.2, 0.25) is 0 Å². The van der Waals surface area contributed by atoms with Gasteiger partial charge < -0.3 is 9.84 Å². The molecule has 1 N–H and O–H groups in total. The monoisotopic (exact) mass is 302 g/mol. The number of phenols is 1. The molecule has 0 saturated carbocycles. The molecular weight excluding hydrogens is 283 g/mol. The molecule has 0 aliphatic heterocycles. The summed E-state index contributed by atoms with van der Waals surface area (Å²) in [6.07, 6.45) is 0. The second-order valence-corrected chi connectivity index (χ2v) is 6.18. The first kappa shape index (κ1) is 16.0. The van der Waals surface area contributed by atoms with Gasteiger partial charge in [-0.05, 0) is 41.3 Å². The first-order valence-electron chi connectivity index (χ1n) is 7.02. The highest BCUT2D eigenvalue weighted by Crippen LogP contribution is 2.31. The molecule has 0 unspecified atom stereocenters. The number of carbonyl (C=O) groups excluding carboxylic acids is 1. The maximum Gasteiger partial charge on any atom is 0.338 e. The summed E-state index contributed by atoms with van der Waals surface area (Å²) in [6.45, 7) is 5.94. The Kier molecular flexibility index (Phi) is 4.50. The number of halogens is 1. The third-order valence-electron chi connectivity index (χ3n) is 3.32. The molecule has 0 aromatic heterocycles. The molecule has 116 valence electrons. The lowest BCUT2D eigenvalue weighted by Crippen LogP contribution is -2.13. The standard InChI is InChI=1S/C18H19FO3/c1-18(2,3)15-10-13(6-9-16(15)20)17(21)22-11-12-4-7-14(19)8-5-12/h4-10,20H,11H2,1-3H3. The van der Waals surface area contributed by atoms with Crippen molar-refractivity contribution in [3.05, 3.63) is 65.0 Å². The maximum atomic E-state index is 12.8. The van der Waals surface area contributed by atoms with Crippen molar-refractivity contribution in [3.63, 3.8) is 0 Å². The molecule has 4 heteroatoms. The van der Waals surface area contributed by atoms with Crippen LogP contribution in [0.15, 0.2) is 42.5 Å². The molecule has 0 saturated heterocycles. The van der Waals surface area contributed by atoms with Crippen LogP contribution in [0.3, 0.4) is 0 Å². The van der Waals surface area contributed by atoms with Gasteiger partial charge in [0.2, 0.25) is 0 Å². The van der Waals surface area contributed by atoms with Crippen molar-refractivity contribution < 1.29 is 19.0 Å². The van der Waals surface area contributed by atoms with E-state index in [2.05, 4.69) is 0 Å². The predicted molar refractivity (Wildman–Crippen MR) is 82.3 cm³/mol. The summed E-state index contributed by atoms with van der Waals surface area (Å²) in [6, 6.07) is 10.4. The van der Waals surface area contributed by atoms with Crippen LogP contribution in [0, 0.1) is 5.82 Å². The third kappa shape index (κ3) is 3.85. The zero-order chi connectivity index (χ0) is 16.3. The van der Waals surface area contributed by atoms with Crippen LogP contribution in [0.1, 0.15) is 42.3 Å². The molecule has 2 rings (SSSR count). The van der Waals surface area contributed by atoms with E-state index in [9.17, 15) is 14.3 Å². The number of carbonyl (C=O) groups is 1. The van der Waals surface area contributed by atoms with E-state index >= 15 is 0 Å². The average Bonchev–Trinajstić information content (AvgIpc) is 2.45. The van der Waals surface area contributed by atoms with Crippen molar-refractivity contribution in [1.29, 1.82) is 0 Å². The highest BCUT2D eigenvalue weighted by molar-refractivity contribution is 5.90. The number of esters is 1. The normalized spacial score (nSPS) is 11.3. The lowest BCUT2D eigenvalue weighted by atomic mass is 9.85. The number of rotatable bonds is 3. The molecule has 0 spiro atoms. The van der Waals surface area contributed by atoms with Crippen molar-refractivity contribution in [1.82, 2.24) is 0 Å². The Morgan fingerprint density at radius 2 is 1.77 bits per heavy atom. The summed E-state index contributed by atoms with van der Waals surface area (Å²) >= 11 is 0. The molecule has 3 nitrogen and oxygen atoms in total. The minimum Gasteiger partial charge on any atom is -0.508 e. The quantitative estimate of drug-likeness (QED) is 0.865. The van der Waals surface area contributed by atoms with Gasteiger partial charge in [0.25, 0.3) is 0 Å². The highest BCUT2D eigenvalue weighted by Gasteiger charge is 2.20. The van der Waals surface area contributed by atoms with Crippen LogP contribution in [-0.4, -0.2) is 11.1 Å². The van der Waals surface area contributed by atoms with E-state index in [-0.39, 0.29) is 23.6 Å². The van der Waals surface area contributed by atoms with Gasteiger partial charge in [-0.15, -0.1) is 0 Å². The SMILES string of the molecule is CC(C)(C)c1cc(C(=O)OCc2ccc(F)cc2)ccc1O. The van der Waals surface area contributed by atoms with Crippen molar-refractivity contribution in [3.8, 4) is 5.75 Å². The van der Waals surface area contributed by atoms with Crippen molar-refractivity contribution in [2.24, 2.45) is 0 Å². The summed E-state index contributed by atoms with van der Waals surface area (Å²) < 4.78 is 18.0. The number of benzene rings is 2. The van der Waals surface area contributed by atoms with Gasteiger partial charge >= 0.3 is 5.97 Å². The van der Waals surface area contributed by atoms with Crippen LogP contribution < -0.4 is 0 Å². The third-order valence-corrected chi connectivity index (χ3v) is 3.32. The number of hydrogen-bond donors (Lipinski definition) is 1. The van der Waals surface area contributed by atoms with Gasteiger partial charge in [0.15, 0.2) is 0 Å². The van der Waals surface area contributed by atoms with Crippen LogP contribution >= 0.6 is 0 Å². The number of phenolic OH excluding ortho intramolecular Hbond substituents is 1. The van der Waals surface area contributed by atoms with E-state index in [4.69, 9.17) is 4.74 Å². The van der Waals surface area contributed by atoms with Gasteiger partial charge in [0.05, 0.1) is 5.56 Å². The largest absolute Gasteiger partial charge is 0.508 e. The fourth-order valence-electron chi connectivity index (χ4n) is 2.08. The lowest BCUT2D eigenvalue weighted by molar-refractivity contribution is 0.0472. The van der Waals surface area contributed by atoms with E-state index in [0.717, 1.165) is 0 Å². The molecule has 0 fully saturated rings. The van der Waals surface area contributed by atoms with E-state index in [1.54, 1.807) is 18.2 Å². The lowest BCUT2D eigenvalue weighted by Gasteiger charge is -2.21. The summed E-state index contributed by atoms with van der Waals surface area (Å²) in [7, 11) is 0. The molecule has 0 radical (unpaired) electrons. The van der Waals surface area contributed by atoms with Crippen molar-refractivity contribution >= 4 is 5.97 Å². The fraction of sp³-hybridized carbons (Fsp3) is 0.278. The fourth-order valence-corrected chi connectivity index (χ4v) is 2.08. The van der Waals surface area contributed by atoms with E-state index in [1.807, 2.05) is 20.8 Å². The van der Waals surface area contributed by atoms with Gasteiger partial charge in [0.1, 0.15) is 18.2 Å². The molecule has 22 heavy (non-hydrogen) atoms. The van der Waals surface area contributed by atoms with Crippen molar-refractivity contribution in [2.75, 3.05) is 0 Å². The molecule has 0 bridgehead atoms. The average molecular weight is 302 g/mol. The predicted octanol–water partition coefficient (Wildman–Crippen LogP) is 4.19. The zero-order valence-electron chi connectivity index (χ0n) is 12.9. The van der Waals surface area contributed by atoms with Gasteiger partial charge in [-0.25, -0.2) is 9.18 Å². The molecule has 0 amide bonds. The minimum absolute atomic E-state index is 0.0742. The molecule has 2 aromatic carbocycles. The van der Waals surface area contributed by atoms with Crippen LogP contribution in [0.25, 0.3) is 0 Å². The number of aromatic hydroxyl groups is 1. The van der Waals surface area contributed by atoms with E-state index in [1.165, 1.54) is 24.3 Å². The number of hydrogen-bond acceptors (Lipinski definition) is 3. The molecule has 0 aliphatic rings. The second kappa shape index (κ2) is 6.18. The molecule has 0 heterocycles. The number of ether oxygens (including phenoxy) is 1. The van der Waals surface area contributed by atoms with E-state index < -0.39 is 5.97 Å². The Morgan fingerprint density at radius 1 is 1.14 bits per heavy atom. The smallest absolute Gasteiger partial charge is 0.338 e. The summed E-state index contributed by atoms with van der Waals surface area (Å²) in [5, 5.41) is 9.90. The molecule has 0 atom stereocenters. The summed E-state index contributed by atoms with van der Waals surface area (Å²) in [5.41, 5.74) is 1.50. The maximum absolute atomic E-state index is 12.8. The Labute approximate surface area is 129 Å². The van der Waals surface area contributed by atoms with Crippen LogP contribution in [0.4, 0.5) is 4.39 Å².